The lowest BCUT2D eigenvalue weighted by molar-refractivity contribution is -0.346. The van der Waals surface area contributed by atoms with Crippen molar-refractivity contribution in [1.82, 2.24) is 4.72 Å². The molecule has 260 valence electrons. The smallest absolute Gasteiger partial charge is 0.213 e. The zero-order valence-corrected chi connectivity index (χ0v) is 25.5. The van der Waals surface area contributed by atoms with Crippen LogP contribution in [0.1, 0.15) is 27.2 Å². The molecule has 0 aliphatic carbocycles. The lowest BCUT2D eigenvalue weighted by Gasteiger charge is -2.46. The summed E-state index contributed by atoms with van der Waals surface area (Å²) in [6.07, 6.45) is -22.1. The molecule has 0 saturated carbocycles. The maximum absolute atomic E-state index is 11.8. The summed E-state index contributed by atoms with van der Waals surface area (Å²) in [5.74, 6) is 0. The van der Waals surface area contributed by atoms with Crippen LogP contribution in [0.5, 0.6) is 0 Å². The van der Waals surface area contributed by atoms with Crippen LogP contribution in [0, 0.1) is 0 Å². The second kappa shape index (κ2) is 16.4. The van der Waals surface area contributed by atoms with Crippen LogP contribution < -0.4 is 4.72 Å². The van der Waals surface area contributed by atoms with Crippen LogP contribution in [-0.4, -0.2) is 185 Å². The molecule has 3 aliphatic rings. The van der Waals surface area contributed by atoms with E-state index in [2.05, 4.69) is 4.72 Å². The third-order valence-corrected chi connectivity index (χ3v) is 9.68. The average molecular weight is 666 g/mol. The van der Waals surface area contributed by atoms with E-state index >= 15 is 0 Å². The van der Waals surface area contributed by atoms with Gasteiger partial charge in [0.1, 0.15) is 73.2 Å². The summed E-state index contributed by atoms with van der Waals surface area (Å²) < 4.78 is 59.2. The molecule has 3 heterocycles. The molecule has 15 unspecified atom stereocenters. The van der Waals surface area contributed by atoms with Crippen molar-refractivity contribution in [3.05, 3.63) is 0 Å². The SMILES string of the molecule is CC1OC(COC2OC(COCCCNS(=O)(=O)C(C)C)C(O)C(O)C2O)C(O)C(OC2OC(CO)C(O)C(O)C2O)C1O. The van der Waals surface area contributed by atoms with Gasteiger partial charge in [-0.25, -0.2) is 13.1 Å². The van der Waals surface area contributed by atoms with Gasteiger partial charge in [0.15, 0.2) is 12.6 Å². The fourth-order valence-electron chi connectivity index (χ4n) is 4.89. The molecule has 44 heavy (non-hydrogen) atoms. The topological polar surface area (TPSA) is 284 Å². The van der Waals surface area contributed by atoms with Crippen molar-refractivity contribution in [2.24, 2.45) is 0 Å². The molecule has 0 amide bonds. The Morgan fingerprint density at radius 3 is 1.91 bits per heavy atom. The van der Waals surface area contributed by atoms with E-state index in [9.17, 15) is 54.4 Å². The van der Waals surface area contributed by atoms with Gasteiger partial charge in [0.2, 0.25) is 10.0 Å². The standard InChI is InChI=1S/C25H47NO17S/c1-10(2)44(36,37)26-5-4-6-38-8-13-17(30)20(33)21(34)24(42-13)39-9-14-18(31)23(15(28)11(3)40-14)43-25-22(35)19(32)16(29)12(7-27)41-25/h10-35H,4-9H2,1-3H3. The van der Waals surface area contributed by atoms with Gasteiger partial charge in [0, 0.05) is 13.2 Å². The first-order chi connectivity index (χ1) is 20.6. The van der Waals surface area contributed by atoms with Crippen LogP contribution in [-0.2, 0) is 38.4 Å². The van der Waals surface area contributed by atoms with Gasteiger partial charge in [-0.3, -0.25) is 0 Å². The van der Waals surface area contributed by atoms with Crippen LogP contribution in [0.25, 0.3) is 0 Å². The maximum atomic E-state index is 11.8. The summed E-state index contributed by atoms with van der Waals surface area (Å²) in [5, 5.41) is 91.8. The Bertz CT molecular complexity index is 974. The average Bonchev–Trinajstić information content (AvgIpc) is 2.98. The van der Waals surface area contributed by atoms with Crippen molar-refractivity contribution in [3.63, 3.8) is 0 Å². The van der Waals surface area contributed by atoms with Crippen LogP contribution in [0.4, 0.5) is 0 Å². The van der Waals surface area contributed by atoms with Crippen molar-refractivity contribution >= 4 is 10.0 Å². The second-order valence-electron chi connectivity index (χ2n) is 11.4. The lowest BCUT2D eigenvalue weighted by Crippen LogP contribution is -2.64. The van der Waals surface area contributed by atoms with E-state index in [0.29, 0.717) is 6.42 Å². The van der Waals surface area contributed by atoms with Gasteiger partial charge in [0.05, 0.1) is 31.2 Å². The molecular weight excluding hydrogens is 618 g/mol. The maximum Gasteiger partial charge on any atom is 0.213 e. The Morgan fingerprint density at radius 1 is 0.727 bits per heavy atom. The summed E-state index contributed by atoms with van der Waals surface area (Å²) in [6, 6.07) is 0. The molecular formula is C25H47NO17S. The van der Waals surface area contributed by atoms with E-state index in [1.807, 2.05) is 0 Å². The molecule has 3 aliphatic heterocycles. The highest BCUT2D eigenvalue weighted by atomic mass is 32.2. The number of nitrogens with one attached hydrogen (secondary N) is 1. The molecule has 0 aromatic rings. The highest BCUT2D eigenvalue weighted by molar-refractivity contribution is 7.90. The number of rotatable bonds is 14. The van der Waals surface area contributed by atoms with Crippen LogP contribution >= 0.6 is 0 Å². The first kappa shape index (κ1) is 37.8. The van der Waals surface area contributed by atoms with Crippen molar-refractivity contribution < 1.29 is 82.8 Å². The van der Waals surface area contributed by atoms with Crippen molar-refractivity contribution in [3.8, 4) is 0 Å². The number of hydrogen-bond donors (Lipinski definition) is 10. The van der Waals surface area contributed by atoms with Gasteiger partial charge < -0.3 is 74.4 Å². The molecule has 0 aromatic carbocycles. The molecule has 19 heteroatoms. The fraction of sp³-hybridized carbons (Fsp3) is 1.00. The third kappa shape index (κ3) is 9.01. The molecule has 3 rings (SSSR count). The largest absolute Gasteiger partial charge is 0.394 e. The Morgan fingerprint density at radius 2 is 1.30 bits per heavy atom. The Balaban J connectivity index is 1.54. The van der Waals surface area contributed by atoms with Gasteiger partial charge >= 0.3 is 0 Å². The molecule has 0 aromatic heterocycles. The normalized spacial score (nSPS) is 43.8. The fourth-order valence-corrected chi connectivity index (χ4v) is 5.65. The zero-order chi connectivity index (χ0) is 32.9. The zero-order valence-electron chi connectivity index (χ0n) is 24.7. The third-order valence-electron chi connectivity index (χ3n) is 7.83. The van der Waals surface area contributed by atoms with E-state index < -0.39 is 120 Å². The van der Waals surface area contributed by atoms with Gasteiger partial charge in [-0.05, 0) is 27.2 Å². The molecule has 0 radical (unpaired) electrons. The number of aliphatic hydroxyl groups excluding tert-OH is 9. The molecule has 0 bridgehead atoms. The summed E-state index contributed by atoms with van der Waals surface area (Å²) in [6.45, 7) is 3.34. The van der Waals surface area contributed by atoms with Crippen molar-refractivity contribution in [2.75, 3.05) is 33.0 Å². The highest BCUT2D eigenvalue weighted by Crippen LogP contribution is 2.30. The monoisotopic (exact) mass is 665 g/mol. The summed E-state index contributed by atoms with van der Waals surface area (Å²) in [5.41, 5.74) is 0. The number of aliphatic hydroxyl groups is 9. The van der Waals surface area contributed by atoms with Gasteiger partial charge in [-0.1, -0.05) is 0 Å². The Kier molecular flexibility index (Phi) is 14.1. The minimum absolute atomic E-state index is 0.0928. The van der Waals surface area contributed by atoms with Crippen LogP contribution in [0.15, 0.2) is 0 Å². The van der Waals surface area contributed by atoms with E-state index in [0.717, 1.165) is 0 Å². The predicted octanol–water partition coefficient (Wildman–Crippen LogP) is -5.76. The second-order valence-corrected chi connectivity index (χ2v) is 13.7. The molecule has 18 nitrogen and oxygen atoms in total. The van der Waals surface area contributed by atoms with Crippen LogP contribution in [0.2, 0.25) is 0 Å². The van der Waals surface area contributed by atoms with Gasteiger partial charge in [-0.2, -0.15) is 0 Å². The van der Waals surface area contributed by atoms with Crippen molar-refractivity contribution in [2.45, 2.75) is 124 Å². The minimum Gasteiger partial charge on any atom is -0.394 e. The molecule has 0 spiro atoms. The summed E-state index contributed by atoms with van der Waals surface area (Å²) in [7, 11) is -3.43. The Hall–Kier alpha value is -0.690. The number of sulfonamides is 1. The predicted molar refractivity (Wildman–Crippen MR) is 145 cm³/mol. The summed E-state index contributed by atoms with van der Waals surface area (Å²) >= 11 is 0. The molecule has 15 atom stereocenters. The van der Waals surface area contributed by atoms with E-state index in [1.54, 1.807) is 13.8 Å². The first-order valence-corrected chi connectivity index (χ1v) is 16.0. The number of hydrogen-bond acceptors (Lipinski definition) is 17. The molecule has 3 saturated heterocycles. The molecule has 3 fully saturated rings. The Labute approximate surface area is 255 Å². The van der Waals surface area contributed by atoms with Gasteiger partial charge in [-0.15, -0.1) is 0 Å². The summed E-state index contributed by atoms with van der Waals surface area (Å²) in [4.78, 5) is 0. The van der Waals surface area contributed by atoms with Gasteiger partial charge in [0.25, 0.3) is 0 Å². The molecule has 10 N–H and O–H groups in total. The van der Waals surface area contributed by atoms with E-state index in [4.69, 9.17) is 28.4 Å². The van der Waals surface area contributed by atoms with Crippen molar-refractivity contribution in [1.29, 1.82) is 0 Å². The quantitative estimate of drug-likeness (QED) is 0.0774. The lowest BCUT2D eigenvalue weighted by atomic mass is 9.94. The number of ether oxygens (including phenoxy) is 6. The van der Waals surface area contributed by atoms with E-state index in [-0.39, 0.29) is 19.8 Å². The first-order valence-electron chi connectivity index (χ1n) is 14.5. The van der Waals surface area contributed by atoms with Crippen LogP contribution in [0.3, 0.4) is 0 Å². The highest BCUT2D eigenvalue weighted by Gasteiger charge is 2.51. The minimum atomic E-state index is -3.43. The van der Waals surface area contributed by atoms with E-state index in [1.165, 1.54) is 6.92 Å².